The number of carbonyl (C=O) groups is 1. The third kappa shape index (κ3) is 3.86. The summed E-state index contributed by atoms with van der Waals surface area (Å²) in [5.74, 6) is 1.29. The molecule has 1 amide bonds. The molecular formula is C16H23N7O2. The van der Waals surface area contributed by atoms with Gasteiger partial charge in [-0.2, -0.15) is 10.1 Å². The first-order chi connectivity index (χ1) is 12.1. The molecule has 1 saturated heterocycles. The zero-order valence-electron chi connectivity index (χ0n) is 14.8. The van der Waals surface area contributed by atoms with E-state index in [9.17, 15) is 4.79 Å². The van der Waals surface area contributed by atoms with Gasteiger partial charge in [-0.25, -0.2) is 14.6 Å². The number of hydrogen-bond donors (Lipinski definition) is 0. The Hall–Kier alpha value is -2.71. The number of ether oxygens (including phenoxy) is 1. The first-order valence-electron chi connectivity index (χ1n) is 8.44. The van der Waals surface area contributed by atoms with Gasteiger partial charge in [0.05, 0.1) is 6.61 Å². The lowest BCUT2D eigenvalue weighted by molar-refractivity contribution is -0.134. The molecular weight excluding hydrogens is 322 g/mol. The molecule has 3 rings (SSSR count). The average molecular weight is 345 g/mol. The van der Waals surface area contributed by atoms with Crippen molar-refractivity contribution in [1.82, 2.24) is 29.6 Å². The molecule has 2 aromatic rings. The van der Waals surface area contributed by atoms with Gasteiger partial charge in [-0.1, -0.05) is 0 Å². The van der Waals surface area contributed by atoms with Gasteiger partial charge in [0.15, 0.2) is 0 Å². The van der Waals surface area contributed by atoms with Crippen molar-refractivity contribution in [2.45, 2.75) is 26.8 Å². The van der Waals surface area contributed by atoms with E-state index in [1.807, 2.05) is 31.7 Å². The molecule has 0 spiro atoms. The molecule has 0 aliphatic carbocycles. The van der Waals surface area contributed by atoms with Gasteiger partial charge in [0.25, 0.3) is 0 Å². The van der Waals surface area contributed by atoms with E-state index >= 15 is 0 Å². The maximum absolute atomic E-state index is 12.6. The number of rotatable bonds is 5. The third-order valence-corrected chi connectivity index (χ3v) is 4.18. The largest absolute Gasteiger partial charge is 0.478 e. The van der Waals surface area contributed by atoms with E-state index in [2.05, 4.69) is 25.0 Å². The number of piperazine rings is 1. The molecule has 0 radical (unpaired) electrons. The van der Waals surface area contributed by atoms with Crippen molar-refractivity contribution in [3.8, 4) is 5.88 Å². The van der Waals surface area contributed by atoms with Crippen molar-refractivity contribution in [2.24, 2.45) is 0 Å². The van der Waals surface area contributed by atoms with Gasteiger partial charge in [0, 0.05) is 37.9 Å². The predicted molar refractivity (Wildman–Crippen MR) is 91.5 cm³/mol. The van der Waals surface area contributed by atoms with Crippen LogP contribution < -0.4 is 9.64 Å². The van der Waals surface area contributed by atoms with E-state index in [4.69, 9.17) is 4.74 Å². The average Bonchev–Trinajstić information content (AvgIpc) is 3.15. The van der Waals surface area contributed by atoms with Crippen molar-refractivity contribution < 1.29 is 9.53 Å². The van der Waals surface area contributed by atoms with Crippen molar-refractivity contribution in [3.63, 3.8) is 0 Å². The summed E-state index contributed by atoms with van der Waals surface area (Å²) >= 11 is 0. The molecule has 0 aromatic carbocycles. The molecule has 1 atom stereocenters. The third-order valence-electron chi connectivity index (χ3n) is 4.18. The monoisotopic (exact) mass is 345 g/mol. The molecule has 25 heavy (non-hydrogen) atoms. The van der Waals surface area contributed by atoms with Crippen LogP contribution in [0.1, 0.15) is 25.6 Å². The summed E-state index contributed by atoms with van der Waals surface area (Å²) in [6, 6.07) is 1.47. The summed E-state index contributed by atoms with van der Waals surface area (Å²) < 4.78 is 7.07. The summed E-state index contributed by atoms with van der Waals surface area (Å²) in [5, 5.41) is 4.05. The summed E-state index contributed by atoms with van der Waals surface area (Å²) in [4.78, 5) is 29.4. The number of carbonyl (C=O) groups excluding carboxylic acids is 1. The highest BCUT2D eigenvalue weighted by molar-refractivity contribution is 5.80. The quantitative estimate of drug-likeness (QED) is 0.787. The van der Waals surface area contributed by atoms with E-state index in [0.717, 1.165) is 5.69 Å². The maximum Gasteiger partial charge on any atom is 0.247 e. The van der Waals surface area contributed by atoms with Crippen molar-refractivity contribution in [3.05, 3.63) is 24.4 Å². The van der Waals surface area contributed by atoms with E-state index < -0.39 is 0 Å². The Kier molecular flexibility index (Phi) is 5.11. The molecule has 2 aromatic heterocycles. The minimum atomic E-state index is -0.353. The zero-order chi connectivity index (χ0) is 17.8. The molecule has 9 nitrogen and oxygen atoms in total. The fourth-order valence-corrected chi connectivity index (χ4v) is 2.81. The molecule has 0 unspecified atom stereocenters. The van der Waals surface area contributed by atoms with Crippen LogP contribution in [0.3, 0.4) is 0 Å². The van der Waals surface area contributed by atoms with E-state index in [0.29, 0.717) is 44.6 Å². The first kappa shape index (κ1) is 17.1. The zero-order valence-corrected chi connectivity index (χ0v) is 14.8. The second kappa shape index (κ2) is 7.45. The normalized spacial score (nSPS) is 16.0. The predicted octanol–water partition coefficient (Wildman–Crippen LogP) is 0.685. The SMILES string of the molecule is CCOc1cc(C)nc(N2CCN(C(=O)[C@H](C)n3cncn3)CC2)n1. The van der Waals surface area contributed by atoms with Gasteiger partial charge < -0.3 is 14.5 Å². The molecule has 0 saturated carbocycles. The highest BCUT2D eigenvalue weighted by Crippen LogP contribution is 2.18. The van der Waals surface area contributed by atoms with Crippen LogP contribution in [-0.4, -0.2) is 68.3 Å². The van der Waals surface area contributed by atoms with Gasteiger partial charge in [-0.05, 0) is 20.8 Å². The minimum Gasteiger partial charge on any atom is -0.478 e. The Morgan fingerprint density at radius 3 is 2.68 bits per heavy atom. The molecule has 0 bridgehead atoms. The van der Waals surface area contributed by atoms with Gasteiger partial charge in [0.1, 0.15) is 18.7 Å². The topological polar surface area (TPSA) is 89.3 Å². The highest BCUT2D eigenvalue weighted by Gasteiger charge is 2.27. The Labute approximate surface area is 146 Å². The van der Waals surface area contributed by atoms with Crippen LogP contribution in [0.25, 0.3) is 0 Å². The van der Waals surface area contributed by atoms with Crippen molar-refractivity contribution in [2.75, 3.05) is 37.7 Å². The van der Waals surface area contributed by atoms with Gasteiger partial charge in [-0.15, -0.1) is 0 Å². The smallest absolute Gasteiger partial charge is 0.247 e. The lowest BCUT2D eigenvalue weighted by atomic mass is 10.2. The van der Waals surface area contributed by atoms with Gasteiger partial charge in [0.2, 0.25) is 17.7 Å². The van der Waals surface area contributed by atoms with E-state index in [1.165, 1.54) is 6.33 Å². The Morgan fingerprint density at radius 2 is 2.04 bits per heavy atom. The number of nitrogens with zero attached hydrogens (tertiary/aromatic N) is 7. The maximum atomic E-state index is 12.6. The van der Waals surface area contributed by atoms with Crippen LogP contribution in [0.5, 0.6) is 5.88 Å². The lowest BCUT2D eigenvalue weighted by Gasteiger charge is -2.36. The van der Waals surface area contributed by atoms with Crippen LogP contribution >= 0.6 is 0 Å². The van der Waals surface area contributed by atoms with E-state index in [1.54, 1.807) is 11.0 Å². The highest BCUT2D eigenvalue weighted by atomic mass is 16.5. The van der Waals surface area contributed by atoms with Crippen LogP contribution in [0.15, 0.2) is 18.7 Å². The van der Waals surface area contributed by atoms with Crippen molar-refractivity contribution in [1.29, 1.82) is 0 Å². The summed E-state index contributed by atoms with van der Waals surface area (Å²) in [7, 11) is 0. The molecule has 9 heteroatoms. The van der Waals surface area contributed by atoms with Crippen LogP contribution in [-0.2, 0) is 4.79 Å². The summed E-state index contributed by atoms with van der Waals surface area (Å²) in [6.45, 7) is 8.87. The second-order valence-corrected chi connectivity index (χ2v) is 5.94. The standard InChI is InChI=1S/C16H23N7O2/c1-4-25-14-9-12(2)19-16(20-14)22-7-5-21(6-8-22)15(24)13(3)23-11-17-10-18-23/h9-11,13H,4-8H2,1-3H3/t13-/m0/s1. The van der Waals surface area contributed by atoms with Gasteiger partial charge in [-0.3, -0.25) is 4.79 Å². The number of anilines is 1. The van der Waals surface area contributed by atoms with E-state index in [-0.39, 0.29) is 11.9 Å². The van der Waals surface area contributed by atoms with Gasteiger partial charge >= 0.3 is 0 Å². The molecule has 0 N–H and O–H groups in total. The minimum absolute atomic E-state index is 0.0466. The fourth-order valence-electron chi connectivity index (χ4n) is 2.81. The molecule has 1 aliphatic rings. The van der Waals surface area contributed by atoms with Crippen LogP contribution in [0.4, 0.5) is 5.95 Å². The van der Waals surface area contributed by atoms with Crippen LogP contribution in [0, 0.1) is 6.92 Å². The molecule has 1 aliphatic heterocycles. The molecule has 1 fully saturated rings. The number of hydrogen-bond acceptors (Lipinski definition) is 7. The number of aromatic nitrogens is 5. The second-order valence-electron chi connectivity index (χ2n) is 5.94. The molecule has 134 valence electrons. The number of amides is 1. The van der Waals surface area contributed by atoms with Crippen LogP contribution in [0.2, 0.25) is 0 Å². The summed E-state index contributed by atoms with van der Waals surface area (Å²) in [5.41, 5.74) is 0.867. The fraction of sp³-hybridized carbons (Fsp3) is 0.562. The Bertz CT molecular complexity index is 711. The number of aryl methyl sites for hydroxylation is 1. The lowest BCUT2D eigenvalue weighted by Crippen LogP contribution is -2.50. The summed E-state index contributed by atoms with van der Waals surface area (Å²) in [6.07, 6.45) is 3.00. The first-order valence-corrected chi connectivity index (χ1v) is 8.44. The molecule has 3 heterocycles. The Morgan fingerprint density at radius 1 is 1.28 bits per heavy atom. The Balaban J connectivity index is 1.63. The van der Waals surface area contributed by atoms with Crippen molar-refractivity contribution >= 4 is 11.9 Å².